The fourth-order valence-electron chi connectivity index (χ4n) is 4.33. The number of nitrogens with zero attached hydrogens (tertiary/aromatic N) is 7. The van der Waals surface area contributed by atoms with Crippen LogP contribution in [0.25, 0.3) is 28.1 Å². The number of aryl methyl sites for hydroxylation is 2. The molecule has 3 aromatic carbocycles. The standard InChI is InChI=1S/C28H22N10O/c29-15-18-4-3-5-20(14-18)24-34-26-21-16-32-37(25(21)35-28(31)38(26)36-24)13-12-17-8-10-19(11-9-17)27(39)33-23-7-2-1-6-22(23)30/h1-11,14,16H,12-13,30H2,(H2,31,35)(H,33,39). The summed E-state index contributed by atoms with van der Waals surface area (Å²) in [6, 6.07) is 23.7. The molecule has 3 heterocycles. The molecule has 0 fully saturated rings. The zero-order chi connectivity index (χ0) is 26.9. The van der Waals surface area contributed by atoms with E-state index < -0.39 is 0 Å². The highest BCUT2D eigenvalue weighted by molar-refractivity contribution is 6.05. The van der Waals surface area contributed by atoms with Crippen LogP contribution in [0.1, 0.15) is 21.5 Å². The van der Waals surface area contributed by atoms with Crippen molar-refractivity contribution in [1.82, 2.24) is 29.4 Å². The first kappa shape index (κ1) is 23.6. The third kappa shape index (κ3) is 4.47. The van der Waals surface area contributed by atoms with E-state index in [4.69, 9.17) is 11.5 Å². The lowest BCUT2D eigenvalue weighted by molar-refractivity contribution is 0.102. The quantitative estimate of drug-likeness (QED) is 0.283. The Morgan fingerprint density at radius 3 is 2.59 bits per heavy atom. The molecule has 39 heavy (non-hydrogen) atoms. The van der Waals surface area contributed by atoms with E-state index in [0.29, 0.717) is 63.5 Å². The molecule has 6 rings (SSSR count). The summed E-state index contributed by atoms with van der Waals surface area (Å²) < 4.78 is 3.25. The summed E-state index contributed by atoms with van der Waals surface area (Å²) in [7, 11) is 0. The van der Waals surface area contributed by atoms with Gasteiger partial charge in [0, 0.05) is 17.7 Å². The number of anilines is 3. The van der Waals surface area contributed by atoms with Crippen LogP contribution in [0.3, 0.4) is 0 Å². The number of nitriles is 1. The third-order valence-electron chi connectivity index (χ3n) is 6.38. The smallest absolute Gasteiger partial charge is 0.255 e. The number of hydrogen-bond acceptors (Lipinski definition) is 8. The average Bonchev–Trinajstić information content (AvgIpc) is 3.58. The van der Waals surface area contributed by atoms with Gasteiger partial charge in [-0.2, -0.15) is 19.9 Å². The lowest BCUT2D eigenvalue weighted by Gasteiger charge is -2.09. The maximum atomic E-state index is 12.6. The van der Waals surface area contributed by atoms with Crippen molar-refractivity contribution in [3.63, 3.8) is 0 Å². The molecule has 190 valence electrons. The predicted molar refractivity (Wildman–Crippen MR) is 148 cm³/mol. The second-order valence-corrected chi connectivity index (χ2v) is 8.93. The number of rotatable bonds is 6. The number of amides is 1. The van der Waals surface area contributed by atoms with E-state index in [-0.39, 0.29) is 11.9 Å². The number of aromatic nitrogens is 6. The SMILES string of the molecule is N#Cc1cccc(-c2nc3c4cnn(CCc5ccc(C(=O)Nc6ccccc6N)cc5)c4nc(N)n3n2)c1. The number of nitrogen functional groups attached to an aromatic ring is 2. The second-order valence-electron chi connectivity index (χ2n) is 8.93. The highest BCUT2D eigenvalue weighted by Gasteiger charge is 2.17. The first-order valence-corrected chi connectivity index (χ1v) is 12.1. The van der Waals surface area contributed by atoms with E-state index in [2.05, 4.69) is 31.6 Å². The lowest BCUT2D eigenvalue weighted by Crippen LogP contribution is -2.13. The van der Waals surface area contributed by atoms with Crippen molar-refractivity contribution in [1.29, 1.82) is 5.26 Å². The highest BCUT2D eigenvalue weighted by atomic mass is 16.1. The van der Waals surface area contributed by atoms with Gasteiger partial charge in [0.1, 0.15) is 0 Å². The van der Waals surface area contributed by atoms with Crippen molar-refractivity contribution in [2.24, 2.45) is 0 Å². The molecule has 0 saturated heterocycles. The topological polar surface area (TPSA) is 166 Å². The van der Waals surface area contributed by atoms with Crippen LogP contribution in [0.2, 0.25) is 0 Å². The summed E-state index contributed by atoms with van der Waals surface area (Å²) in [5.41, 5.74) is 17.2. The zero-order valence-corrected chi connectivity index (χ0v) is 20.6. The minimum absolute atomic E-state index is 0.184. The minimum atomic E-state index is -0.228. The van der Waals surface area contributed by atoms with Crippen LogP contribution >= 0.6 is 0 Å². The maximum absolute atomic E-state index is 12.6. The van der Waals surface area contributed by atoms with E-state index in [9.17, 15) is 10.1 Å². The van der Waals surface area contributed by atoms with Crippen LogP contribution in [0, 0.1) is 11.3 Å². The number of benzene rings is 3. The number of nitrogens with two attached hydrogens (primary N) is 2. The van der Waals surface area contributed by atoms with Gasteiger partial charge in [0.15, 0.2) is 17.1 Å². The molecule has 0 saturated carbocycles. The van der Waals surface area contributed by atoms with Crippen molar-refractivity contribution >= 4 is 39.9 Å². The summed E-state index contributed by atoms with van der Waals surface area (Å²) in [5.74, 6) is 0.400. The lowest BCUT2D eigenvalue weighted by atomic mass is 10.1. The molecule has 0 unspecified atom stereocenters. The number of hydrogen-bond donors (Lipinski definition) is 3. The Morgan fingerprint density at radius 2 is 1.79 bits per heavy atom. The first-order chi connectivity index (χ1) is 19.0. The predicted octanol–water partition coefficient (Wildman–Crippen LogP) is 3.67. The van der Waals surface area contributed by atoms with Crippen molar-refractivity contribution in [2.45, 2.75) is 13.0 Å². The molecule has 0 aliphatic carbocycles. The molecule has 0 aliphatic heterocycles. The van der Waals surface area contributed by atoms with Gasteiger partial charge in [-0.1, -0.05) is 36.4 Å². The molecule has 5 N–H and O–H groups in total. The van der Waals surface area contributed by atoms with Gasteiger partial charge in [-0.05, 0) is 48.4 Å². The van der Waals surface area contributed by atoms with Gasteiger partial charge < -0.3 is 16.8 Å². The average molecular weight is 515 g/mol. The number of para-hydroxylation sites is 2. The molecule has 0 aliphatic rings. The third-order valence-corrected chi connectivity index (χ3v) is 6.38. The van der Waals surface area contributed by atoms with E-state index in [0.717, 1.165) is 5.56 Å². The van der Waals surface area contributed by atoms with Gasteiger partial charge in [0.05, 0.1) is 34.6 Å². The van der Waals surface area contributed by atoms with Crippen LogP contribution in [0.15, 0.2) is 79.0 Å². The normalized spacial score (nSPS) is 11.1. The number of carbonyl (C=O) groups is 1. The summed E-state index contributed by atoms with van der Waals surface area (Å²) in [6.45, 7) is 0.545. The number of nitrogens with one attached hydrogen (secondary N) is 1. The Kier molecular flexibility index (Phi) is 5.82. The number of carbonyl (C=O) groups excluding carboxylic acids is 1. The summed E-state index contributed by atoms with van der Waals surface area (Å²) in [4.78, 5) is 21.8. The van der Waals surface area contributed by atoms with Gasteiger partial charge in [-0.3, -0.25) is 4.79 Å². The van der Waals surface area contributed by atoms with Crippen LogP contribution < -0.4 is 16.8 Å². The van der Waals surface area contributed by atoms with E-state index in [1.807, 2.05) is 30.3 Å². The molecular formula is C28H22N10O. The van der Waals surface area contributed by atoms with Crippen molar-refractivity contribution in [3.05, 3.63) is 95.7 Å². The fraction of sp³-hybridized carbons (Fsp3) is 0.0714. The van der Waals surface area contributed by atoms with Gasteiger partial charge in [0.25, 0.3) is 5.91 Å². The monoisotopic (exact) mass is 514 g/mol. The second kappa shape index (κ2) is 9.60. The molecule has 3 aromatic heterocycles. The Labute approximate surface area is 222 Å². The highest BCUT2D eigenvalue weighted by Crippen LogP contribution is 2.24. The Balaban J connectivity index is 1.21. The Morgan fingerprint density at radius 1 is 0.974 bits per heavy atom. The number of fused-ring (bicyclic) bond motifs is 3. The zero-order valence-electron chi connectivity index (χ0n) is 20.6. The van der Waals surface area contributed by atoms with Crippen LogP contribution in [-0.2, 0) is 13.0 Å². The molecule has 0 atom stereocenters. The molecule has 0 spiro atoms. The Hall–Kier alpha value is -5.76. The van der Waals surface area contributed by atoms with Crippen molar-refractivity contribution in [2.75, 3.05) is 16.8 Å². The summed E-state index contributed by atoms with van der Waals surface area (Å²) >= 11 is 0. The molecule has 0 bridgehead atoms. The summed E-state index contributed by atoms with van der Waals surface area (Å²) in [6.07, 6.45) is 2.36. The molecule has 1 amide bonds. The van der Waals surface area contributed by atoms with Gasteiger partial charge in [-0.15, -0.1) is 5.10 Å². The summed E-state index contributed by atoms with van der Waals surface area (Å²) in [5, 5.41) is 21.8. The van der Waals surface area contributed by atoms with E-state index in [1.165, 1.54) is 4.52 Å². The van der Waals surface area contributed by atoms with Crippen LogP contribution in [-0.4, -0.2) is 35.3 Å². The van der Waals surface area contributed by atoms with Crippen LogP contribution in [0.5, 0.6) is 0 Å². The largest absolute Gasteiger partial charge is 0.397 e. The van der Waals surface area contributed by atoms with Crippen molar-refractivity contribution in [3.8, 4) is 17.5 Å². The molecule has 11 heteroatoms. The Bertz CT molecular complexity index is 1900. The minimum Gasteiger partial charge on any atom is -0.397 e. The molecule has 11 nitrogen and oxygen atoms in total. The maximum Gasteiger partial charge on any atom is 0.255 e. The van der Waals surface area contributed by atoms with Gasteiger partial charge >= 0.3 is 0 Å². The van der Waals surface area contributed by atoms with Crippen LogP contribution in [0.4, 0.5) is 17.3 Å². The van der Waals surface area contributed by atoms with E-state index in [1.54, 1.807) is 53.3 Å². The van der Waals surface area contributed by atoms with Gasteiger partial charge in [-0.25, -0.2) is 9.67 Å². The fourth-order valence-corrected chi connectivity index (χ4v) is 4.33. The first-order valence-electron chi connectivity index (χ1n) is 12.1. The van der Waals surface area contributed by atoms with E-state index >= 15 is 0 Å². The van der Waals surface area contributed by atoms with Gasteiger partial charge in [0.2, 0.25) is 5.95 Å². The van der Waals surface area contributed by atoms with Crippen molar-refractivity contribution < 1.29 is 4.79 Å². The molecular weight excluding hydrogens is 492 g/mol. The molecule has 0 radical (unpaired) electrons. The molecule has 6 aromatic rings.